The van der Waals surface area contributed by atoms with Gasteiger partial charge in [0, 0.05) is 16.9 Å². The number of nitrogens with zero attached hydrogens (tertiary/aromatic N) is 2. The molecule has 0 saturated carbocycles. The monoisotopic (exact) mass is 392 g/mol. The van der Waals surface area contributed by atoms with E-state index in [1.807, 2.05) is 6.07 Å². The molecule has 2 aliphatic heterocycles. The topological polar surface area (TPSA) is 91.6 Å². The van der Waals surface area contributed by atoms with Crippen molar-refractivity contribution < 1.29 is 29.0 Å². The molecule has 1 aromatic heterocycles. The number of cyclic esters (lactones) is 1. The van der Waals surface area contributed by atoms with Gasteiger partial charge in [-0.3, -0.25) is 4.90 Å². The summed E-state index contributed by atoms with van der Waals surface area (Å²) in [5, 5.41) is 22.2. The number of anilines is 1. The van der Waals surface area contributed by atoms with E-state index in [-0.39, 0.29) is 25.9 Å². The van der Waals surface area contributed by atoms with Crippen molar-refractivity contribution in [2.75, 3.05) is 24.7 Å². The van der Waals surface area contributed by atoms with E-state index in [0.29, 0.717) is 17.7 Å². The molecule has 0 bridgehead atoms. The lowest BCUT2D eigenvalue weighted by atomic mass is 10.1. The molecule has 1 saturated heterocycles. The van der Waals surface area contributed by atoms with E-state index in [1.165, 1.54) is 22.3 Å². The summed E-state index contributed by atoms with van der Waals surface area (Å²) in [4.78, 5) is 19.8. The molecule has 4 rings (SSSR count). The van der Waals surface area contributed by atoms with Crippen LogP contribution in [0.1, 0.15) is 11.3 Å². The van der Waals surface area contributed by atoms with E-state index in [2.05, 4.69) is 5.16 Å². The molecule has 0 spiro atoms. The molecule has 3 heterocycles. The Kier molecular flexibility index (Phi) is 4.81. The lowest BCUT2D eigenvalue weighted by Gasteiger charge is -2.13. The molecular formula is C18H17FN2O5S. The second-order valence-corrected chi connectivity index (χ2v) is 7.36. The first-order valence-electron chi connectivity index (χ1n) is 8.41. The standard InChI is InChI=1S/C18H17FN2O5S/c19-14-5-10(21-7-12(9-23)25-18(21)24)1-2-13(14)16-3-4-17(27-16)15-6-11(8-22)26-20-15/h1-5,11-12,22-23H,6-9H2/t11?,12-/m1/s1. The van der Waals surface area contributed by atoms with Gasteiger partial charge in [-0.25, -0.2) is 9.18 Å². The summed E-state index contributed by atoms with van der Waals surface area (Å²) in [6, 6.07) is 8.20. The second-order valence-electron chi connectivity index (χ2n) is 6.28. The third kappa shape index (κ3) is 3.41. The molecule has 27 heavy (non-hydrogen) atoms. The lowest BCUT2D eigenvalue weighted by molar-refractivity contribution is 0.0390. The molecular weight excluding hydrogens is 375 g/mol. The molecule has 2 atom stereocenters. The molecule has 9 heteroatoms. The van der Waals surface area contributed by atoms with Gasteiger partial charge in [-0.05, 0) is 30.3 Å². The molecule has 1 fully saturated rings. The van der Waals surface area contributed by atoms with Crippen molar-refractivity contribution in [3.63, 3.8) is 0 Å². The van der Waals surface area contributed by atoms with Gasteiger partial charge in [-0.2, -0.15) is 0 Å². The number of benzene rings is 1. The molecule has 7 nitrogen and oxygen atoms in total. The Morgan fingerprint density at radius 1 is 1.19 bits per heavy atom. The molecule has 0 aliphatic carbocycles. The summed E-state index contributed by atoms with van der Waals surface area (Å²) in [6.07, 6.45) is -1.01. The largest absolute Gasteiger partial charge is 0.441 e. The van der Waals surface area contributed by atoms with Gasteiger partial charge in [0.15, 0.2) is 6.10 Å². The molecule has 1 unspecified atom stereocenters. The summed E-state index contributed by atoms with van der Waals surface area (Å²) in [6.45, 7) is -0.188. The van der Waals surface area contributed by atoms with Crippen molar-refractivity contribution in [3.8, 4) is 10.4 Å². The summed E-state index contributed by atoms with van der Waals surface area (Å²) < 4.78 is 19.7. The third-order valence-electron chi connectivity index (χ3n) is 4.43. The van der Waals surface area contributed by atoms with Gasteiger partial charge >= 0.3 is 6.09 Å². The summed E-state index contributed by atoms with van der Waals surface area (Å²) in [5.41, 5.74) is 1.53. The lowest BCUT2D eigenvalue weighted by Crippen LogP contribution is -2.25. The zero-order valence-electron chi connectivity index (χ0n) is 14.2. The highest BCUT2D eigenvalue weighted by atomic mass is 32.1. The number of halogens is 1. The van der Waals surface area contributed by atoms with E-state index >= 15 is 0 Å². The first-order chi connectivity index (χ1) is 13.1. The smallest absolute Gasteiger partial charge is 0.414 e. The zero-order valence-corrected chi connectivity index (χ0v) is 15.0. The van der Waals surface area contributed by atoms with Gasteiger partial charge in [0.25, 0.3) is 0 Å². The van der Waals surface area contributed by atoms with Crippen LogP contribution in [0.5, 0.6) is 0 Å². The van der Waals surface area contributed by atoms with Crippen molar-refractivity contribution in [1.29, 1.82) is 0 Å². The predicted molar refractivity (Wildman–Crippen MR) is 97.5 cm³/mol. The predicted octanol–water partition coefficient (Wildman–Crippen LogP) is 2.36. The maximum absolute atomic E-state index is 14.7. The summed E-state index contributed by atoms with van der Waals surface area (Å²) in [7, 11) is 0. The number of carbonyl (C=O) groups is 1. The Bertz CT molecular complexity index is 900. The van der Waals surface area contributed by atoms with E-state index < -0.39 is 18.0 Å². The fourth-order valence-electron chi connectivity index (χ4n) is 3.01. The van der Waals surface area contributed by atoms with Crippen molar-refractivity contribution in [2.45, 2.75) is 18.6 Å². The molecule has 2 aliphatic rings. The van der Waals surface area contributed by atoms with E-state index in [1.54, 1.807) is 18.2 Å². The number of hydrogen-bond acceptors (Lipinski definition) is 7. The van der Waals surface area contributed by atoms with Gasteiger partial charge in [0.1, 0.15) is 17.6 Å². The van der Waals surface area contributed by atoms with Gasteiger partial charge in [0.2, 0.25) is 0 Å². The van der Waals surface area contributed by atoms with Crippen LogP contribution in [-0.2, 0) is 9.57 Å². The normalized spacial score (nSPS) is 22.0. The molecule has 2 aromatic rings. The van der Waals surface area contributed by atoms with Crippen LogP contribution in [0.4, 0.5) is 14.9 Å². The molecule has 142 valence electrons. The van der Waals surface area contributed by atoms with Crippen molar-refractivity contribution in [2.24, 2.45) is 5.16 Å². The number of thiophene rings is 1. The Labute approximate surface area is 158 Å². The Hall–Kier alpha value is -2.49. The van der Waals surface area contributed by atoms with Crippen molar-refractivity contribution in [1.82, 2.24) is 0 Å². The van der Waals surface area contributed by atoms with Crippen molar-refractivity contribution in [3.05, 3.63) is 41.0 Å². The van der Waals surface area contributed by atoms with Crippen LogP contribution < -0.4 is 4.90 Å². The van der Waals surface area contributed by atoms with Gasteiger partial charge in [-0.15, -0.1) is 11.3 Å². The number of rotatable bonds is 5. The first-order valence-corrected chi connectivity index (χ1v) is 9.23. The first kappa shape index (κ1) is 17.9. The average molecular weight is 392 g/mol. The number of ether oxygens (including phenoxy) is 1. The van der Waals surface area contributed by atoms with E-state index in [9.17, 15) is 9.18 Å². The molecule has 1 amide bonds. The Morgan fingerprint density at radius 3 is 2.63 bits per heavy atom. The van der Waals surface area contributed by atoms with Crippen LogP contribution in [0.25, 0.3) is 10.4 Å². The summed E-state index contributed by atoms with van der Waals surface area (Å²) in [5.74, 6) is -0.459. The average Bonchev–Trinajstić information content (AvgIpc) is 3.40. The minimum Gasteiger partial charge on any atom is -0.441 e. The van der Waals surface area contributed by atoms with Gasteiger partial charge in [-0.1, -0.05) is 5.16 Å². The fourth-order valence-corrected chi connectivity index (χ4v) is 4.03. The Balaban J connectivity index is 1.55. The second kappa shape index (κ2) is 7.26. The zero-order chi connectivity index (χ0) is 19.0. The summed E-state index contributed by atoms with van der Waals surface area (Å²) >= 11 is 1.38. The van der Waals surface area contributed by atoms with Crippen LogP contribution in [0, 0.1) is 5.82 Å². The maximum Gasteiger partial charge on any atom is 0.414 e. The quantitative estimate of drug-likeness (QED) is 0.815. The molecule has 2 N–H and O–H groups in total. The van der Waals surface area contributed by atoms with Crippen LogP contribution in [0.3, 0.4) is 0 Å². The SMILES string of the molecule is O=C1O[C@@H](CO)CN1c1ccc(-c2ccc(C3=NOC(CO)C3)s2)c(F)c1. The number of hydrogen-bond donors (Lipinski definition) is 2. The maximum atomic E-state index is 14.7. The highest BCUT2D eigenvalue weighted by Gasteiger charge is 2.32. The number of aliphatic hydroxyl groups excluding tert-OH is 2. The van der Waals surface area contributed by atoms with Crippen LogP contribution in [0.15, 0.2) is 35.5 Å². The van der Waals surface area contributed by atoms with Crippen LogP contribution >= 0.6 is 11.3 Å². The number of carbonyl (C=O) groups excluding carboxylic acids is 1. The van der Waals surface area contributed by atoms with Gasteiger partial charge < -0.3 is 19.8 Å². The van der Waals surface area contributed by atoms with E-state index in [4.69, 9.17) is 19.8 Å². The highest BCUT2D eigenvalue weighted by Crippen LogP contribution is 2.34. The highest BCUT2D eigenvalue weighted by molar-refractivity contribution is 7.17. The van der Waals surface area contributed by atoms with Crippen LogP contribution in [0.2, 0.25) is 0 Å². The van der Waals surface area contributed by atoms with Crippen LogP contribution in [-0.4, -0.2) is 54.0 Å². The van der Waals surface area contributed by atoms with Crippen molar-refractivity contribution >= 4 is 28.8 Å². The number of amides is 1. The minimum absolute atomic E-state index is 0.0998. The Morgan fingerprint density at radius 2 is 1.96 bits per heavy atom. The third-order valence-corrected chi connectivity index (χ3v) is 5.60. The number of oxime groups is 1. The van der Waals surface area contributed by atoms with Gasteiger partial charge in [0.05, 0.1) is 30.3 Å². The fraction of sp³-hybridized carbons (Fsp3) is 0.333. The van der Waals surface area contributed by atoms with E-state index in [0.717, 1.165) is 15.5 Å². The minimum atomic E-state index is -0.600. The number of aliphatic hydroxyl groups is 2. The molecule has 1 aromatic carbocycles. The molecule has 0 radical (unpaired) electrons.